The number of benzene rings is 1. The number of hydrogen-bond acceptors (Lipinski definition) is 2. The van der Waals surface area contributed by atoms with Gasteiger partial charge < -0.3 is 5.32 Å². The zero-order valence-electron chi connectivity index (χ0n) is 9.87. The standard InChI is InChI=1S/C13H16N2O/c1-4-13(3,9-14)11-5-7-12(8-6-11)15-10(2)16/h5-8H,4H2,1-3H3,(H,15,16). The highest BCUT2D eigenvalue weighted by atomic mass is 16.1. The van der Waals surface area contributed by atoms with Crippen molar-refractivity contribution in [2.45, 2.75) is 32.6 Å². The molecule has 3 heteroatoms. The summed E-state index contributed by atoms with van der Waals surface area (Å²) in [6.07, 6.45) is 0.767. The van der Waals surface area contributed by atoms with E-state index in [-0.39, 0.29) is 5.91 Å². The highest BCUT2D eigenvalue weighted by Gasteiger charge is 2.23. The zero-order valence-corrected chi connectivity index (χ0v) is 9.87. The molecular formula is C13H16N2O. The van der Waals surface area contributed by atoms with Crippen molar-refractivity contribution in [3.63, 3.8) is 0 Å². The third kappa shape index (κ3) is 2.60. The number of nitrogens with zero attached hydrogens (tertiary/aromatic N) is 1. The Hall–Kier alpha value is -1.82. The fourth-order valence-corrected chi connectivity index (χ4v) is 1.47. The predicted octanol–water partition coefficient (Wildman–Crippen LogP) is 2.84. The first-order chi connectivity index (χ1) is 7.51. The van der Waals surface area contributed by atoms with E-state index >= 15 is 0 Å². The Morgan fingerprint density at radius 1 is 1.44 bits per heavy atom. The summed E-state index contributed by atoms with van der Waals surface area (Å²) in [6.45, 7) is 5.38. The molecule has 0 saturated heterocycles. The van der Waals surface area contributed by atoms with E-state index in [1.807, 2.05) is 38.1 Å². The van der Waals surface area contributed by atoms with E-state index in [2.05, 4.69) is 11.4 Å². The molecule has 0 aliphatic carbocycles. The van der Waals surface area contributed by atoms with Crippen LogP contribution in [0.15, 0.2) is 24.3 Å². The number of rotatable bonds is 3. The van der Waals surface area contributed by atoms with Crippen LogP contribution < -0.4 is 5.32 Å². The second-order valence-corrected chi connectivity index (χ2v) is 4.06. The molecule has 0 bridgehead atoms. The number of carbonyl (C=O) groups excluding carboxylic acids is 1. The molecule has 84 valence electrons. The largest absolute Gasteiger partial charge is 0.326 e. The Morgan fingerprint density at radius 2 is 2.00 bits per heavy atom. The monoisotopic (exact) mass is 216 g/mol. The third-order valence-electron chi connectivity index (χ3n) is 2.80. The zero-order chi connectivity index (χ0) is 12.2. The van der Waals surface area contributed by atoms with Gasteiger partial charge in [-0.15, -0.1) is 0 Å². The van der Waals surface area contributed by atoms with E-state index < -0.39 is 5.41 Å². The van der Waals surface area contributed by atoms with Crippen LogP contribution in [0.2, 0.25) is 0 Å². The van der Waals surface area contributed by atoms with Crippen LogP contribution in [0.4, 0.5) is 5.69 Å². The summed E-state index contributed by atoms with van der Waals surface area (Å²) in [5, 5.41) is 11.8. The van der Waals surface area contributed by atoms with E-state index in [1.165, 1.54) is 6.92 Å². The quantitative estimate of drug-likeness (QED) is 0.844. The lowest BCUT2D eigenvalue weighted by molar-refractivity contribution is -0.114. The van der Waals surface area contributed by atoms with E-state index in [0.717, 1.165) is 17.7 Å². The van der Waals surface area contributed by atoms with Crippen LogP contribution in [0.5, 0.6) is 0 Å². The molecular weight excluding hydrogens is 200 g/mol. The molecule has 1 aromatic rings. The highest BCUT2D eigenvalue weighted by Crippen LogP contribution is 2.27. The topological polar surface area (TPSA) is 52.9 Å². The van der Waals surface area contributed by atoms with E-state index in [4.69, 9.17) is 5.26 Å². The fraction of sp³-hybridized carbons (Fsp3) is 0.385. The van der Waals surface area contributed by atoms with Gasteiger partial charge in [-0.05, 0) is 31.0 Å². The maximum absolute atomic E-state index is 10.8. The van der Waals surface area contributed by atoms with Gasteiger partial charge in [-0.3, -0.25) is 4.79 Å². The lowest BCUT2D eigenvalue weighted by atomic mass is 9.82. The number of nitrogens with one attached hydrogen (secondary N) is 1. The van der Waals surface area contributed by atoms with Crippen LogP contribution >= 0.6 is 0 Å². The summed E-state index contributed by atoms with van der Waals surface area (Å²) in [6, 6.07) is 9.73. The number of nitriles is 1. The number of anilines is 1. The minimum absolute atomic E-state index is 0.0914. The summed E-state index contributed by atoms with van der Waals surface area (Å²) in [5.41, 5.74) is 1.29. The highest BCUT2D eigenvalue weighted by molar-refractivity contribution is 5.88. The maximum atomic E-state index is 10.8. The SMILES string of the molecule is CCC(C)(C#N)c1ccc(NC(C)=O)cc1. The van der Waals surface area contributed by atoms with Crippen molar-refractivity contribution < 1.29 is 4.79 Å². The van der Waals surface area contributed by atoms with Crippen molar-refractivity contribution in [2.75, 3.05) is 5.32 Å². The van der Waals surface area contributed by atoms with Crippen molar-refractivity contribution in [1.29, 1.82) is 5.26 Å². The van der Waals surface area contributed by atoms with Gasteiger partial charge >= 0.3 is 0 Å². The molecule has 0 aliphatic rings. The Kier molecular flexibility index (Phi) is 3.68. The van der Waals surface area contributed by atoms with Crippen molar-refractivity contribution in [3.05, 3.63) is 29.8 Å². The summed E-state index contributed by atoms with van der Waals surface area (Å²) >= 11 is 0. The first-order valence-electron chi connectivity index (χ1n) is 5.31. The van der Waals surface area contributed by atoms with Crippen LogP contribution in [-0.2, 0) is 10.2 Å². The Labute approximate surface area is 96.1 Å². The van der Waals surface area contributed by atoms with Crippen LogP contribution in [0.25, 0.3) is 0 Å². The predicted molar refractivity (Wildman–Crippen MR) is 64.0 cm³/mol. The summed E-state index contributed by atoms with van der Waals surface area (Å²) in [4.78, 5) is 10.8. The molecule has 1 unspecified atom stereocenters. The van der Waals surface area contributed by atoms with Gasteiger partial charge in [0.1, 0.15) is 0 Å². The Balaban J connectivity index is 2.95. The normalized spacial score (nSPS) is 13.6. The van der Waals surface area contributed by atoms with Gasteiger partial charge in [0.05, 0.1) is 11.5 Å². The smallest absolute Gasteiger partial charge is 0.221 e. The number of amides is 1. The van der Waals surface area contributed by atoms with Gasteiger partial charge in [0, 0.05) is 12.6 Å². The van der Waals surface area contributed by atoms with Crippen LogP contribution in [0.3, 0.4) is 0 Å². The average molecular weight is 216 g/mol. The molecule has 0 radical (unpaired) electrons. The fourth-order valence-electron chi connectivity index (χ4n) is 1.47. The van der Waals surface area contributed by atoms with Crippen LogP contribution in [-0.4, -0.2) is 5.91 Å². The molecule has 0 spiro atoms. The second kappa shape index (κ2) is 4.80. The van der Waals surface area contributed by atoms with Gasteiger partial charge in [0.25, 0.3) is 0 Å². The first-order valence-corrected chi connectivity index (χ1v) is 5.31. The van der Waals surface area contributed by atoms with Gasteiger partial charge in [-0.25, -0.2) is 0 Å². The summed E-state index contributed by atoms with van der Waals surface area (Å²) in [7, 11) is 0. The van der Waals surface area contributed by atoms with Gasteiger partial charge in [0.15, 0.2) is 0 Å². The summed E-state index contributed by atoms with van der Waals surface area (Å²) < 4.78 is 0. The Bertz CT molecular complexity index is 417. The van der Waals surface area contributed by atoms with E-state index in [0.29, 0.717) is 0 Å². The molecule has 1 N–H and O–H groups in total. The molecule has 3 nitrogen and oxygen atoms in total. The second-order valence-electron chi connectivity index (χ2n) is 4.06. The van der Waals surface area contributed by atoms with Gasteiger partial charge in [-0.2, -0.15) is 5.26 Å². The molecule has 0 aliphatic heterocycles. The lowest BCUT2D eigenvalue weighted by Crippen LogP contribution is -2.18. The molecule has 0 saturated carbocycles. The number of hydrogen-bond donors (Lipinski definition) is 1. The van der Waals surface area contributed by atoms with Crippen molar-refractivity contribution in [1.82, 2.24) is 0 Å². The molecule has 1 amide bonds. The van der Waals surface area contributed by atoms with Crippen LogP contribution in [0, 0.1) is 11.3 Å². The van der Waals surface area contributed by atoms with Crippen molar-refractivity contribution >= 4 is 11.6 Å². The van der Waals surface area contributed by atoms with Gasteiger partial charge in [-0.1, -0.05) is 19.1 Å². The molecule has 1 atom stereocenters. The van der Waals surface area contributed by atoms with Crippen molar-refractivity contribution in [2.24, 2.45) is 0 Å². The van der Waals surface area contributed by atoms with Crippen molar-refractivity contribution in [3.8, 4) is 6.07 Å². The third-order valence-corrected chi connectivity index (χ3v) is 2.80. The van der Waals surface area contributed by atoms with Gasteiger partial charge in [0.2, 0.25) is 5.91 Å². The molecule has 1 rings (SSSR count). The van der Waals surface area contributed by atoms with E-state index in [1.54, 1.807) is 0 Å². The minimum Gasteiger partial charge on any atom is -0.326 e. The molecule has 16 heavy (non-hydrogen) atoms. The number of carbonyl (C=O) groups is 1. The molecule has 0 fully saturated rings. The summed E-state index contributed by atoms with van der Waals surface area (Å²) in [5.74, 6) is -0.0914. The maximum Gasteiger partial charge on any atom is 0.221 e. The average Bonchev–Trinajstić information content (AvgIpc) is 2.28. The molecule has 0 aromatic heterocycles. The lowest BCUT2D eigenvalue weighted by Gasteiger charge is -2.20. The molecule has 1 aromatic carbocycles. The first kappa shape index (κ1) is 12.3. The molecule has 0 heterocycles. The Morgan fingerprint density at radius 3 is 2.38 bits per heavy atom. The van der Waals surface area contributed by atoms with E-state index in [9.17, 15) is 4.79 Å². The van der Waals surface area contributed by atoms with Crippen LogP contribution in [0.1, 0.15) is 32.8 Å². The minimum atomic E-state index is -0.450.